The lowest BCUT2D eigenvalue weighted by Crippen LogP contribution is -2.01. The summed E-state index contributed by atoms with van der Waals surface area (Å²) in [5.74, 6) is 2.58. The second-order valence-electron chi connectivity index (χ2n) is 5.32. The molecule has 0 saturated carbocycles. The van der Waals surface area contributed by atoms with Gasteiger partial charge in [-0.2, -0.15) is 19.0 Å². The molecule has 0 fully saturated rings. The molecule has 0 atom stereocenters. The predicted octanol–water partition coefficient (Wildman–Crippen LogP) is 1.95. The molecule has 4 heterocycles. The zero-order chi connectivity index (χ0) is 16.1. The van der Waals surface area contributed by atoms with Crippen molar-refractivity contribution in [2.45, 2.75) is 37.7 Å². The van der Waals surface area contributed by atoms with Gasteiger partial charge in [0.1, 0.15) is 21.7 Å². The Hall–Kier alpha value is -2.55. The van der Waals surface area contributed by atoms with Crippen molar-refractivity contribution in [1.29, 1.82) is 0 Å². The van der Waals surface area contributed by atoms with E-state index in [0.717, 1.165) is 21.4 Å². The second kappa shape index (κ2) is 4.98. The van der Waals surface area contributed by atoms with Crippen molar-refractivity contribution in [3.05, 3.63) is 35.2 Å². The van der Waals surface area contributed by atoms with Gasteiger partial charge in [-0.3, -0.25) is 0 Å². The predicted molar refractivity (Wildman–Crippen MR) is 84.6 cm³/mol. The van der Waals surface area contributed by atoms with E-state index in [1.54, 1.807) is 20.8 Å². The lowest BCUT2D eigenvalue weighted by atomic mass is 10.5. The molecule has 0 aromatic carbocycles. The van der Waals surface area contributed by atoms with Crippen LogP contribution in [-0.2, 0) is 0 Å². The zero-order valence-electron chi connectivity index (χ0n) is 13.1. The lowest BCUT2D eigenvalue weighted by Gasteiger charge is -2.07. The van der Waals surface area contributed by atoms with E-state index >= 15 is 0 Å². The standard InChI is InChI=1S/C14H14N8S/c1-7-5-11(21-13(15-7)17-9(3)19-21)23-12-6-8(2)16-14-18-10(4)20-22(12)14/h5-6H,1-4H3. The van der Waals surface area contributed by atoms with Gasteiger partial charge in [0.05, 0.1) is 0 Å². The van der Waals surface area contributed by atoms with Crippen molar-refractivity contribution in [3.8, 4) is 0 Å². The third-order valence-electron chi connectivity index (χ3n) is 3.24. The quantitative estimate of drug-likeness (QED) is 0.520. The number of hydrogen-bond donors (Lipinski definition) is 0. The maximum absolute atomic E-state index is 4.42. The molecule has 0 aliphatic rings. The van der Waals surface area contributed by atoms with E-state index in [1.807, 2.05) is 39.8 Å². The number of fused-ring (bicyclic) bond motifs is 2. The van der Waals surface area contributed by atoms with Crippen molar-refractivity contribution in [2.75, 3.05) is 0 Å². The van der Waals surface area contributed by atoms with Gasteiger partial charge in [-0.05, 0) is 51.6 Å². The average Bonchev–Trinajstić information content (AvgIpc) is 3.00. The fourth-order valence-electron chi connectivity index (χ4n) is 2.36. The van der Waals surface area contributed by atoms with Crippen LogP contribution in [-0.4, -0.2) is 39.2 Å². The van der Waals surface area contributed by atoms with Crippen molar-refractivity contribution >= 4 is 23.3 Å². The van der Waals surface area contributed by atoms with E-state index in [4.69, 9.17) is 0 Å². The maximum atomic E-state index is 4.42. The van der Waals surface area contributed by atoms with Crippen LogP contribution < -0.4 is 0 Å². The maximum Gasteiger partial charge on any atom is 0.253 e. The number of aromatic nitrogens is 8. The molecule has 0 aliphatic heterocycles. The minimum atomic E-state index is 0.599. The molecule has 0 unspecified atom stereocenters. The van der Waals surface area contributed by atoms with Crippen LogP contribution in [0.3, 0.4) is 0 Å². The topological polar surface area (TPSA) is 86.2 Å². The van der Waals surface area contributed by atoms with Crippen LogP contribution >= 0.6 is 11.8 Å². The number of rotatable bonds is 2. The summed E-state index contributed by atoms with van der Waals surface area (Å²) in [6, 6.07) is 3.97. The van der Waals surface area contributed by atoms with Crippen molar-refractivity contribution in [3.63, 3.8) is 0 Å². The Morgan fingerprint density at radius 1 is 0.696 bits per heavy atom. The zero-order valence-corrected chi connectivity index (χ0v) is 14.0. The molecule has 0 bridgehead atoms. The highest BCUT2D eigenvalue weighted by atomic mass is 32.2. The molecule has 116 valence electrons. The molecule has 0 radical (unpaired) electrons. The van der Waals surface area contributed by atoms with Crippen molar-refractivity contribution in [1.82, 2.24) is 39.2 Å². The highest BCUT2D eigenvalue weighted by molar-refractivity contribution is 7.99. The summed E-state index contributed by atoms with van der Waals surface area (Å²) in [6.07, 6.45) is 0. The minimum absolute atomic E-state index is 0.599. The van der Waals surface area contributed by atoms with Crippen molar-refractivity contribution in [2.24, 2.45) is 0 Å². The van der Waals surface area contributed by atoms with Crippen LogP contribution in [0.1, 0.15) is 23.0 Å². The summed E-state index contributed by atoms with van der Waals surface area (Å²) in [5.41, 5.74) is 1.79. The summed E-state index contributed by atoms with van der Waals surface area (Å²) in [6.45, 7) is 7.60. The van der Waals surface area contributed by atoms with Crippen LogP contribution in [0.2, 0.25) is 0 Å². The van der Waals surface area contributed by atoms with E-state index in [2.05, 4.69) is 30.1 Å². The van der Waals surface area contributed by atoms with Gasteiger partial charge in [-0.15, -0.1) is 10.2 Å². The highest BCUT2D eigenvalue weighted by Crippen LogP contribution is 2.28. The summed E-state index contributed by atoms with van der Waals surface area (Å²) < 4.78 is 3.50. The van der Waals surface area contributed by atoms with Gasteiger partial charge < -0.3 is 0 Å². The van der Waals surface area contributed by atoms with E-state index < -0.39 is 0 Å². The van der Waals surface area contributed by atoms with Crippen LogP contribution in [0.25, 0.3) is 11.6 Å². The molecule has 9 heteroatoms. The van der Waals surface area contributed by atoms with Crippen LogP contribution in [0.5, 0.6) is 0 Å². The van der Waals surface area contributed by atoms with Crippen LogP contribution in [0.4, 0.5) is 0 Å². The van der Waals surface area contributed by atoms with E-state index in [-0.39, 0.29) is 0 Å². The largest absolute Gasteiger partial charge is 0.253 e. The number of hydrogen-bond acceptors (Lipinski definition) is 7. The van der Waals surface area contributed by atoms with Gasteiger partial charge in [-0.1, -0.05) is 0 Å². The van der Waals surface area contributed by atoms with Crippen molar-refractivity contribution < 1.29 is 0 Å². The molecule has 0 aliphatic carbocycles. The van der Waals surface area contributed by atoms with Crippen LogP contribution in [0.15, 0.2) is 22.2 Å². The number of nitrogens with zero attached hydrogens (tertiary/aromatic N) is 8. The lowest BCUT2D eigenvalue weighted by molar-refractivity contribution is 0.800. The molecule has 23 heavy (non-hydrogen) atoms. The summed E-state index contributed by atoms with van der Waals surface area (Å²) in [4.78, 5) is 17.5. The SMILES string of the molecule is Cc1cc(Sc2cc(C)nc3nc(C)nn23)n2nc(C)nc2n1. The fraction of sp³-hybridized carbons (Fsp3) is 0.286. The Morgan fingerprint density at radius 2 is 1.13 bits per heavy atom. The molecule has 0 N–H and O–H groups in total. The smallest absolute Gasteiger partial charge is 0.216 e. The molecule has 8 nitrogen and oxygen atoms in total. The first-order valence-electron chi connectivity index (χ1n) is 7.09. The third-order valence-corrected chi connectivity index (χ3v) is 4.24. The molecular formula is C14H14N8S. The molecular weight excluding hydrogens is 312 g/mol. The monoisotopic (exact) mass is 326 g/mol. The molecule has 4 aromatic heterocycles. The molecule has 0 amide bonds. The first kappa shape index (κ1) is 14.1. The van der Waals surface area contributed by atoms with E-state index in [9.17, 15) is 0 Å². The van der Waals surface area contributed by atoms with E-state index in [0.29, 0.717) is 23.2 Å². The van der Waals surface area contributed by atoms with Gasteiger partial charge in [0, 0.05) is 11.4 Å². The fourth-order valence-corrected chi connectivity index (χ4v) is 3.45. The first-order valence-corrected chi connectivity index (χ1v) is 7.91. The molecule has 0 saturated heterocycles. The van der Waals surface area contributed by atoms with Gasteiger partial charge in [0.25, 0.3) is 11.6 Å². The minimum Gasteiger partial charge on any atom is -0.216 e. The summed E-state index contributed by atoms with van der Waals surface area (Å²) in [5, 5.41) is 10.7. The first-order chi connectivity index (χ1) is 11.0. The molecule has 4 rings (SSSR count). The summed E-state index contributed by atoms with van der Waals surface area (Å²) >= 11 is 1.54. The average molecular weight is 326 g/mol. The Bertz CT molecular complexity index is 964. The number of aryl methyl sites for hydroxylation is 4. The van der Waals surface area contributed by atoms with Gasteiger partial charge in [0.2, 0.25) is 0 Å². The summed E-state index contributed by atoms with van der Waals surface area (Å²) in [7, 11) is 0. The Balaban J connectivity index is 1.91. The van der Waals surface area contributed by atoms with Gasteiger partial charge in [-0.25, -0.2) is 9.97 Å². The third kappa shape index (κ3) is 2.42. The molecule has 4 aromatic rings. The van der Waals surface area contributed by atoms with Crippen LogP contribution in [0, 0.1) is 27.7 Å². The molecule has 0 spiro atoms. The van der Waals surface area contributed by atoms with Gasteiger partial charge in [0.15, 0.2) is 0 Å². The van der Waals surface area contributed by atoms with E-state index in [1.165, 1.54) is 0 Å². The Kier molecular flexibility index (Phi) is 3.05. The second-order valence-corrected chi connectivity index (χ2v) is 6.36. The van der Waals surface area contributed by atoms with Gasteiger partial charge >= 0.3 is 0 Å². The Labute approximate surface area is 136 Å². The highest BCUT2D eigenvalue weighted by Gasteiger charge is 2.13. The normalized spacial score (nSPS) is 11.7. The Morgan fingerprint density at radius 3 is 1.57 bits per heavy atom.